The van der Waals surface area contributed by atoms with Crippen LogP contribution in [0.3, 0.4) is 0 Å². The average Bonchev–Trinajstić information content (AvgIpc) is 3.32. The summed E-state index contributed by atoms with van der Waals surface area (Å²) in [4.78, 5) is 7.90. The van der Waals surface area contributed by atoms with Gasteiger partial charge in [0.05, 0.1) is 19.8 Å². The van der Waals surface area contributed by atoms with Gasteiger partial charge in [0.2, 0.25) is 0 Å². The van der Waals surface area contributed by atoms with Crippen molar-refractivity contribution < 1.29 is 4.74 Å². The first-order valence-corrected chi connectivity index (χ1v) is 13.0. The van der Waals surface area contributed by atoms with E-state index in [2.05, 4.69) is 37.2 Å². The molecule has 0 radical (unpaired) electrons. The zero-order valence-electron chi connectivity index (χ0n) is 20.4. The van der Waals surface area contributed by atoms with Gasteiger partial charge in [-0.1, -0.05) is 45.4 Å². The number of rotatable bonds is 8. The fourth-order valence-corrected chi connectivity index (χ4v) is 5.68. The van der Waals surface area contributed by atoms with Crippen LogP contribution in [0.1, 0.15) is 77.0 Å². The number of halogens is 1. The van der Waals surface area contributed by atoms with E-state index >= 15 is 0 Å². The lowest BCUT2D eigenvalue weighted by molar-refractivity contribution is -0.0333. The molecule has 2 N–H and O–H groups in total. The Labute approximate surface area is 216 Å². The highest BCUT2D eigenvalue weighted by Crippen LogP contribution is 2.34. The van der Waals surface area contributed by atoms with Gasteiger partial charge in [-0.15, -0.1) is 34.2 Å². The number of hydrogen-bond acceptors (Lipinski definition) is 5. The van der Waals surface area contributed by atoms with E-state index in [9.17, 15) is 0 Å². The molecule has 0 aromatic carbocycles. The Hall–Kier alpha value is -0.940. The van der Waals surface area contributed by atoms with Crippen LogP contribution in [0, 0.1) is 0 Å². The van der Waals surface area contributed by atoms with Gasteiger partial charge in [0.1, 0.15) is 12.2 Å². The molecule has 4 rings (SSSR count). The molecule has 33 heavy (non-hydrogen) atoms. The number of morpholine rings is 1. The highest BCUT2D eigenvalue weighted by molar-refractivity contribution is 14.0. The quantitative estimate of drug-likeness (QED) is 0.282. The summed E-state index contributed by atoms with van der Waals surface area (Å²) in [6, 6.07) is 0.543. The maximum Gasteiger partial charge on any atom is 0.191 e. The second-order valence-electron chi connectivity index (χ2n) is 9.75. The van der Waals surface area contributed by atoms with Crippen LogP contribution in [0.2, 0.25) is 0 Å². The molecule has 0 spiro atoms. The van der Waals surface area contributed by atoms with Crippen LogP contribution in [-0.4, -0.2) is 76.6 Å². The summed E-state index contributed by atoms with van der Waals surface area (Å²) in [5.41, 5.74) is 0.201. The van der Waals surface area contributed by atoms with Gasteiger partial charge in [0.15, 0.2) is 5.96 Å². The largest absolute Gasteiger partial charge is 0.379 e. The second-order valence-corrected chi connectivity index (χ2v) is 9.75. The molecular weight excluding hydrogens is 529 g/mol. The van der Waals surface area contributed by atoms with Crippen molar-refractivity contribution >= 4 is 29.9 Å². The lowest BCUT2D eigenvalue weighted by atomic mass is 9.80. The molecule has 3 aliphatic rings. The Kier molecular flexibility index (Phi) is 11.2. The van der Waals surface area contributed by atoms with E-state index in [-0.39, 0.29) is 29.5 Å². The van der Waals surface area contributed by atoms with Gasteiger partial charge in [-0.3, -0.25) is 9.89 Å². The van der Waals surface area contributed by atoms with E-state index in [0.717, 1.165) is 64.1 Å². The smallest absolute Gasteiger partial charge is 0.191 e. The number of aryl methyl sites for hydroxylation is 1. The van der Waals surface area contributed by atoms with E-state index in [1.807, 2.05) is 6.33 Å². The lowest BCUT2D eigenvalue weighted by Gasteiger charge is -2.47. The first-order chi connectivity index (χ1) is 15.8. The van der Waals surface area contributed by atoms with Gasteiger partial charge >= 0.3 is 0 Å². The number of aromatic nitrogens is 3. The summed E-state index contributed by atoms with van der Waals surface area (Å²) in [6.07, 6.45) is 15.8. The normalized spacial score (nSPS) is 22.5. The van der Waals surface area contributed by atoms with Crippen molar-refractivity contribution in [2.45, 2.75) is 95.7 Å². The summed E-state index contributed by atoms with van der Waals surface area (Å²) in [7, 11) is 0. The molecule has 1 aliphatic heterocycles. The molecule has 1 saturated heterocycles. The molecule has 0 bridgehead atoms. The van der Waals surface area contributed by atoms with Gasteiger partial charge in [0, 0.05) is 44.2 Å². The highest BCUT2D eigenvalue weighted by Gasteiger charge is 2.38. The third-order valence-electron chi connectivity index (χ3n) is 7.60. The molecular formula is C24H44IN7O. The Balaban J connectivity index is 0.00000306. The summed E-state index contributed by atoms with van der Waals surface area (Å²) in [5.74, 6) is 2.03. The molecule has 2 aliphatic carbocycles. The van der Waals surface area contributed by atoms with Crippen molar-refractivity contribution in [2.24, 2.45) is 4.99 Å². The summed E-state index contributed by atoms with van der Waals surface area (Å²) >= 11 is 0. The van der Waals surface area contributed by atoms with Crippen molar-refractivity contribution in [3.05, 3.63) is 12.2 Å². The van der Waals surface area contributed by atoms with Crippen molar-refractivity contribution in [3.63, 3.8) is 0 Å². The SMILES string of the molecule is CCc1nncn1CCNC(=NCC1(N2CCOCC2)CCCCC1)NC1CCCCC1.I. The number of hydrogen-bond donors (Lipinski definition) is 2. The van der Waals surface area contributed by atoms with Gasteiger partial charge in [-0.2, -0.15) is 0 Å². The number of guanidine groups is 1. The molecule has 8 nitrogen and oxygen atoms in total. The van der Waals surface area contributed by atoms with Crippen LogP contribution < -0.4 is 10.6 Å². The van der Waals surface area contributed by atoms with Crippen LogP contribution >= 0.6 is 24.0 Å². The third-order valence-corrected chi connectivity index (χ3v) is 7.60. The minimum atomic E-state index is 0. The Bertz CT molecular complexity index is 707. The van der Waals surface area contributed by atoms with E-state index in [1.54, 1.807) is 0 Å². The fourth-order valence-electron chi connectivity index (χ4n) is 5.68. The first-order valence-electron chi connectivity index (χ1n) is 13.0. The Morgan fingerprint density at radius 1 is 1.12 bits per heavy atom. The van der Waals surface area contributed by atoms with Crippen molar-refractivity contribution in [1.29, 1.82) is 0 Å². The van der Waals surface area contributed by atoms with Crippen LogP contribution in [-0.2, 0) is 17.7 Å². The average molecular weight is 574 g/mol. The van der Waals surface area contributed by atoms with Crippen LogP contribution in [0.4, 0.5) is 0 Å². The van der Waals surface area contributed by atoms with E-state index < -0.39 is 0 Å². The van der Waals surface area contributed by atoms with Gasteiger partial charge < -0.3 is 19.9 Å². The molecule has 0 amide bonds. The zero-order valence-corrected chi connectivity index (χ0v) is 22.8. The molecule has 0 unspecified atom stereocenters. The number of nitrogens with one attached hydrogen (secondary N) is 2. The number of ether oxygens (including phenoxy) is 1. The van der Waals surface area contributed by atoms with Crippen LogP contribution in [0.25, 0.3) is 0 Å². The van der Waals surface area contributed by atoms with E-state index in [0.29, 0.717) is 6.04 Å². The number of aliphatic imine (C=N–C) groups is 1. The van der Waals surface area contributed by atoms with Crippen molar-refractivity contribution in [3.8, 4) is 0 Å². The maximum absolute atomic E-state index is 5.65. The van der Waals surface area contributed by atoms with E-state index in [4.69, 9.17) is 9.73 Å². The van der Waals surface area contributed by atoms with Gasteiger partial charge in [-0.05, 0) is 25.7 Å². The molecule has 9 heteroatoms. The molecule has 3 fully saturated rings. The molecule has 188 valence electrons. The van der Waals surface area contributed by atoms with E-state index in [1.165, 1.54) is 64.2 Å². The topological polar surface area (TPSA) is 79.6 Å². The summed E-state index contributed by atoms with van der Waals surface area (Å²) in [5, 5.41) is 15.7. The van der Waals surface area contributed by atoms with Gasteiger partial charge in [0.25, 0.3) is 0 Å². The minimum absolute atomic E-state index is 0. The predicted octanol–water partition coefficient (Wildman–Crippen LogP) is 3.36. The molecule has 1 aromatic heterocycles. The third kappa shape index (κ3) is 7.52. The number of nitrogens with zero attached hydrogens (tertiary/aromatic N) is 5. The maximum atomic E-state index is 5.65. The first kappa shape index (κ1) is 26.7. The van der Waals surface area contributed by atoms with Crippen molar-refractivity contribution in [2.75, 3.05) is 39.4 Å². The molecule has 2 saturated carbocycles. The van der Waals surface area contributed by atoms with Gasteiger partial charge in [-0.25, -0.2) is 0 Å². The molecule has 1 aromatic rings. The predicted molar refractivity (Wildman–Crippen MR) is 143 cm³/mol. The summed E-state index contributed by atoms with van der Waals surface area (Å²) in [6.45, 7) is 8.49. The fraction of sp³-hybridized carbons (Fsp3) is 0.875. The zero-order chi connectivity index (χ0) is 22.1. The Morgan fingerprint density at radius 2 is 1.85 bits per heavy atom. The Morgan fingerprint density at radius 3 is 2.58 bits per heavy atom. The highest BCUT2D eigenvalue weighted by atomic mass is 127. The van der Waals surface area contributed by atoms with Crippen molar-refractivity contribution in [1.82, 2.24) is 30.3 Å². The van der Waals surface area contributed by atoms with Crippen LogP contribution in [0.15, 0.2) is 11.3 Å². The molecule has 2 heterocycles. The van der Waals surface area contributed by atoms with Crippen LogP contribution in [0.5, 0.6) is 0 Å². The second kappa shape index (κ2) is 13.8. The minimum Gasteiger partial charge on any atom is -0.379 e. The summed E-state index contributed by atoms with van der Waals surface area (Å²) < 4.78 is 7.79. The standard InChI is InChI=1S/C24H43N7O.HI/c1-2-22-29-27-20-30(22)14-13-25-23(28-21-9-5-3-6-10-21)26-19-24(11-7-4-8-12-24)31-15-17-32-18-16-31;/h20-21H,2-19H2,1H3,(H2,25,26,28);1H. The lowest BCUT2D eigenvalue weighted by Crippen LogP contribution is -2.57. The molecule has 0 atom stereocenters. The monoisotopic (exact) mass is 573 g/mol.